The minimum Gasteiger partial charge on any atom is -0.384 e. The largest absolute Gasteiger partial charge is 0.384 e. The number of thioether (sulfide) groups is 1. The molecule has 3 aromatic heterocycles. The van der Waals surface area contributed by atoms with E-state index < -0.39 is 0 Å². The number of methoxy groups -OCH3 is 1. The van der Waals surface area contributed by atoms with E-state index >= 15 is 0 Å². The van der Waals surface area contributed by atoms with Crippen LogP contribution in [0, 0.1) is 0 Å². The van der Waals surface area contributed by atoms with Crippen LogP contribution in [0.25, 0.3) is 11.0 Å². The Bertz CT molecular complexity index is 1050. The van der Waals surface area contributed by atoms with Crippen molar-refractivity contribution in [2.45, 2.75) is 43.3 Å². The molecule has 4 rings (SSSR count). The van der Waals surface area contributed by atoms with Crippen LogP contribution in [0.15, 0.2) is 28.5 Å². The van der Waals surface area contributed by atoms with Gasteiger partial charge in [0.25, 0.3) is 5.56 Å². The number of hydrogen-bond donors (Lipinski definition) is 0. The number of aromatic nitrogens is 6. The van der Waals surface area contributed by atoms with Crippen molar-refractivity contribution in [1.82, 2.24) is 28.7 Å². The molecule has 29 heavy (non-hydrogen) atoms. The second kappa shape index (κ2) is 9.27. The number of pyridine rings is 1. The summed E-state index contributed by atoms with van der Waals surface area (Å²) in [5.74, 6) is 2.35. The van der Waals surface area contributed by atoms with E-state index in [1.807, 2.05) is 16.4 Å². The number of aryl methyl sites for hydroxylation is 1. The standard InChI is InChI=1S/C19H24N6O2S2/c1-27-8-6-14-10-15-11-20-19(28-2)22-17(15)24(18(14)26)7-3-9-29-25-12-21-16(23-25)13-4-5-13/h10-13H,3-9H2,1-2H3. The molecule has 0 aromatic carbocycles. The maximum absolute atomic E-state index is 13.0. The zero-order valence-corrected chi connectivity index (χ0v) is 18.2. The third kappa shape index (κ3) is 4.81. The summed E-state index contributed by atoms with van der Waals surface area (Å²) in [4.78, 5) is 26.4. The van der Waals surface area contributed by atoms with Gasteiger partial charge in [-0.3, -0.25) is 9.36 Å². The van der Waals surface area contributed by atoms with E-state index in [4.69, 9.17) is 4.74 Å². The summed E-state index contributed by atoms with van der Waals surface area (Å²) >= 11 is 3.08. The molecule has 0 amide bonds. The summed E-state index contributed by atoms with van der Waals surface area (Å²) in [5.41, 5.74) is 1.43. The monoisotopic (exact) mass is 432 g/mol. The van der Waals surface area contributed by atoms with Crippen molar-refractivity contribution in [2.75, 3.05) is 25.7 Å². The van der Waals surface area contributed by atoms with E-state index in [9.17, 15) is 4.79 Å². The summed E-state index contributed by atoms with van der Waals surface area (Å²) in [6, 6.07) is 1.89. The van der Waals surface area contributed by atoms with E-state index in [0.29, 0.717) is 36.3 Å². The Kier molecular flexibility index (Phi) is 6.51. The first kappa shape index (κ1) is 20.4. The number of ether oxygens (including phenoxy) is 1. The van der Waals surface area contributed by atoms with Crippen molar-refractivity contribution in [1.29, 1.82) is 0 Å². The van der Waals surface area contributed by atoms with E-state index in [1.165, 1.54) is 24.6 Å². The first-order valence-electron chi connectivity index (χ1n) is 9.67. The number of fused-ring (bicyclic) bond motifs is 1. The lowest BCUT2D eigenvalue weighted by Crippen LogP contribution is -2.26. The van der Waals surface area contributed by atoms with E-state index in [0.717, 1.165) is 28.9 Å². The highest BCUT2D eigenvalue weighted by atomic mass is 32.2. The third-order valence-corrected chi connectivity index (χ3v) is 6.29. The predicted molar refractivity (Wildman–Crippen MR) is 116 cm³/mol. The van der Waals surface area contributed by atoms with Crippen molar-refractivity contribution < 1.29 is 4.74 Å². The molecule has 0 radical (unpaired) electrons. The molecular formula is C19H24N6O2S2. The molecule has 1 aliphatic carbocycles. The van der Waals surface area contributed by atoms with Gasteiger partial charge in [-0.1, -0.05) is 11.8 Å². The average Bonchev–Trinajstić information content (AvgIpc) is 3.49. The Balaban J connectivity index is 1.50. The summed E-state index contributed by atoms with van der Waals surface area (Å²) in [5, 5.41) is 6.07. The molecule has 0 bridgehead atoms. The van der Waals surface area contributed by atoms with Gasteiger partial charge in [0.05, 0.1) is 6.61 Å². The van der Waals surface area contributed by atoms with Gasteiger partial charge in [0.2, 0.25) is 0 Å². The topological polar surface area (TPSA) is 87.7 Å². The fourth-order valence-corrected chi connectivity index (χ4v) is 4.17. The highest BCUT2D eigenvalue weighted by molar-refractivity contribution is 7.98. The Morgan fingerprint density at radius 1 is 1.31 bits per heavy atom. The minimum atomic E-state index is 0.00192. The quantitative estimate of drug-likeness (QED) is 0.275. The number of hydrogen-bond acceptors (Lipinski definition) is 8. The van der Waals surface area contributed by atoms with Gasteiger partial charge in [-0.25, -0.2) is 15.0 Å². The minimum absolute atomic E-state index is 0.00192. The smallest absolute Gasteiger partial charge is 0.255 e. The Morgan fingerprint density at radius 2 is 2.17 bits per heavy atom. The summed E-state index contributed by atoms with van der Waals surface area (Å²) in [6.45, 7) is 1.11. The maximum atomic E-state index is 13.0. The molecule has 8 nitrogen and oxygen atoms in total. The SMILES string of the molecule is COCCc1cc2cnc(SC)nc2n(CCCSn2cnc(C3CC3)n2)c1=O. The molecule has 154 valence electrons. The van der Waals surface area contributed by atoms with Gasteiger partial charge >= 0.3 is 0 Å². The molecule has 1 fully saturated rings. The highest BCUT2D eigenvalue weighted by Gasteiger charge is 2.27. The molecule has 1 aliphatic rings. The van der Waals surface area contributed by atoms with E-state index in [2.05, 4.69) is 20.1 Å². The second-order valence-corrected chi connectivity index (χ2v) is 8.79. The van der Waals surface area contributed by atoms with Crippen molar-refractivity contribution in [3.8, 4) is 0 Å². The van der Waals surface area contributed by atoms with Crippen molar-refractivity contribution in [2.24, 2.45) is 0 Å². The first-order valence-corrected chi connectivity index (χ1v) is 11.8. The van der Waals surface area contributed by atoms with E-state index in [-0.39, 0.29) is 5.56 Å². The maximum Gasteiger partial charge on any atom is 0.255 e. The van der Waals surface area contributed by atoms with Crippen LogP contribution >= 0.6 is 23.7 Å². The summed E-state index contributed by atoms with van der Waals surface area (Å²) in [6.07, 6.45) is 9.31. The van der Waals surface area contributed by atoms with Gasteiger partial charge in [0.15, 0.2) is 11.0 Å². The Morgan fingerprint density at radius 3 is 2.93 bits per heavy atom. The van der Waals surface area contributed by atoms with Crippen molar-refractivity contribution in [3.63, 3.8) is 0 Å². The Labute approximate surface area is 177 Å². The lowest BCUT2D eigenvalue weighted by Gasteiger charge is -2.12. The molecule has 3 heterocycles. The van der Waals surface area contributed by atoms with Crippen LogP contribution < -0.4 is 5.56 Å². The van der Waals surface area contributed by atoms with Gasteiger partial charge in [0, 0.05) is 48.9 Å². The van der Waals surface area contributed by atoms with Crippen LogP contribution in [0.3, 0.4) is 0 Å². The zero-order chi connectivity index (χ0) is 20.2. The fraction of sp³-hybridized carbons (Fsp3) is 0.526. The van der Waals surface area contributed by atoms with Gasteiger partial charge in [-0.15, -0.1) is 5.10 Å². The molecule has 0 unspecified atom stereocenters. The average molecular weight is 433 g/mol. The molecule has 0 aliphatic heterocycles. The molecule has 3 aromatic rings. The second-order valence-electron chi connectivity index (χ2n) is 6.97. The molecule has 1 saturated carbocycles. The van der Waals surface area contributed by atoms with Crippen LogP contribution in [0.2, 0.25) is 0 Å². The molecule has 0 atom stereocenters. The van der Waals surface area contributed by atoms with Crippen LogP contribution in [0.5, 0.6) is 0 Å². The van der Waals surface area contributed by atoms with Crippen LogP contribution in [0.1, 0.15) is 36.6 Å². The predicted octanol–water partition coefficient (Wildman–Crippen LogP) is 2.76. The zero-order valence-electron chi connectivity index (χ0n) is 16.6. The number of rotatable bonds is 10. The third-order valence-electron chi connectivity index (χ3n) is 4.82. The summed E-state index contributed by atoms with van der Waals surface area (Å²) < 4.78 is 8.77. The van der Waals surface area contributed by atoms with Gasteiger partial charge in [-0.2, -0.15) is 4.09 Å². The van der Waals surface area contributed by atoms with Gasteiger partial charge < -0.3 is 4.74 Å². The highest BCUT2D eigenvalue weighted by Crippen LogP contribution is 2.37. The lowest BCUT2D eigenvalue weighted by molar-refractivity contribution is 0.202. The van der Waals surface area contributed by atoms with Gasteiger partial charge in [0.1, 0.15) is 12.0 Å². The fourth-order valence-electron chi connectivity index (χ4n) is 3.13. The van der Waals surface area contributed by atoms with Crippen LogP contribution in [0.4, 0.5) is 0 Å². The first-order chi connectivity index (χ1) is 14.2. The molecule has 0 saturated heterocycles. The Hall–Kier alpha value is -1.91. The lowest BCUT2D eigenvalue weighted by atomic mass is 10.1. The van der Waals surface area contributed by atoms with Crippen molar-refractivity contribution in [3.05, 3.63) is 40.3 Å². The van der Waals surface area contributed by atoms with E-state index in [1.54, 1.807) is 36.1 Å². The molecular weight excluding hydrogens is 408 g/mol. The van der Waals surface area contributed by atoms with Crippen LogP contribution in [-0.2, 0) is 17.7 Å². The molecule has 10 heteroatoms. The number of nitrogens with zero attached hydrogens (tertiary/aromatic N) is 6. The van der Waals surface area contributed by atoms with Crippen molar-refractivity contribution >= 4 is 34.7 Å². The van der Waals surface area contributed by atoms with Crippen LogP contribution in [-0.4, -0.2) is 54.4 Å². The summed E-state index contributed by atoms with van der Waals surface area (Å²) in [7, 11) is 1.64. The molecule has 0 spiro atoms. The van der Waals surface area contributed by atoms with Gasteiger partial charge in [-0.05, 0) is 43.5 Å². The molecule has 0 N–H and O–H groups in total. The normalized spacial score (nSPS) is 14.0.